The predicted molar refractivity (Wildman–Crippen MR) is 231 cm³/mol. The standard InChI is InChI=1S/C52H34N4/c1-5-15-35(16-6-1)36-25-29-41(30-26-36)51-54-50(40-21-11-4-12-22-40)55-52(56-51)42-31-27-38(28-32-42)45-33-48-49(44-24-14-13-23-43(44)45)46(37-17-7-2-8-18-37)34-47(53-48)39-19-9-3-10-20-39/h1-34H. The van der Waals surface area contributed by atoms with Crippen LogP contribution in [-0.2, 0) is 0 Å². The zero-order valence-electron chi connectivity index (χ0n) is 30.4. The lowest BCUT2D eigenvalue weighted by atomic mass is 9.90. The maximum atomic E-state index is 5.31. The van der Waals surface area contributed by atoms with Gasteiger partial charge in [0.2, 0.25) is 0 Å². The molecule has 0 atom stereocenters. The van der Waals surface area contributed by atoms with E-state index in [1.165, 1.54) is 21.9 Å². The Balaban J connectivity index is 1.09. The topological polar surface area (TPSA) is 51.6 Å². The largest absolute Gasteiger partial charge is 0.248 e. The molecule has 0 unspecified atom stereocenters. The van der Waals surface area contributed by atoms with Gasteiger partial charge in [-0.15, -0.1) is 0 Å². The summed E-state index contributed by atoms with van der Waals surface area (Å²) in [5, 5.41) is 3.49. The van der Waals surface area contributed by atoms with Gasteiger partial charge in [0.1, 0.15) is 0 Å². The fraction of sp³-hybridized carbons (Fsp3) is 0. The zero-order valence-corrected chi connectivity index (χ0v) is 30.4. The van der Waals surface area contributed by atoms with Crippen LogP contribution in [0.25, 0.3) is 100 Å². The second-order valence-corrected chi connectivity index (χ2v) is 13.8. The van der Waals surface area contributed by atoms with Crippen LogP contribution in [0.1, 0.15) is 0 Å². The van der Waals surface area contributed by atoms with Crippen molar-refractivity contribution in [2.45, 2.75) is 0 Å². The molecule has 0 spiro atoms. The van der Waals surface area contributed by atoms with Crippen molar-refractivity contribution in [3.63, 3.8) is 0 Å². The molecule has 8 aromatic carbocycles. The van der Waals surface area contributed by atoms with E-state index in [9.17, 15) is 0 Å². The number of fused-ring (bicyclic) bond motifs is 3. The van der Waals surface area contributed by atoms with E-state index < -0.39 is 0 Å². The fourth-order valence-electron chi connectivity index (χ4n) is 7.54. The number of nitrogens with zero attached hydrogens (tertiary/aromatic N) is 4. The smallest absolute Gasteiger partial charge is 0.164 e. The van der Waals surface area contributed by atoms with Gasteiger partial charge in [-0.25, -0.2) is 19.9 Å². The van der Waals surface area contributed by atoms with Crippen LogP contribution in [0.3, 0.4) is 0 Å². The van der Waals surface area contributed by atoms with Crippen LogP contribution in [0.4, 0.5) is 0 Å². The Morgan fingerprint density at radius 1 is 0.250 bits per heavy atom. The molecule has 0 saturated carbocycles. The van der Waals surface area contributed by atoms with E-state index >= 15 is 0 Å². The van der Waals surface area contributed by atoms with Gasteiger partial charge in [-0.05, 0) is 56.3 Å². The molecule has 2 aromatic heterocycles. The molecule has 10 aromatic rings. The maximum Gasteiger partial charge on any atom is 0.164 e. The third-order valence-corrected chi connectivity index (χ3v) is 10.3. The van der Waals surface area contributed by atoms with E-state index in [-0.39, 0.29) is 0 Å². The lowest BCUT2D eigenvalue weighted by Crippen LogP contribution is -2.00. The van der Waals surface area contributed by atoms with Crippen molar-refractivity contribution in [2.75, 3.05) is 0 Å². The summed E-state index contributed by atoms with van der Waals surface area (Å²) in [4.78, 5) is 20.3. The summed E-state index contributed by atoms with van der Waals surface area (Å²) in [5.74, 6) is 1.89. The summed E-state index contributed by atoms with van der Waals surface area (Å²) in [5.41, 5.74) is 12.6. The molecule has 0 saturated heterocycles. The molecule has 56 heavy (non-hydrogen) atoms. The van der Waals surface area contributed by atoms with Crippen LogP contribution in [0.2, 0.25) is 0 Å². The monoisotopic (exact) mass is 714 g/mol. The summed E-state index contributed by atoms with van der Waals surface area (Å²) < 4.78 is 0. The second kappa shape index (κ2) is 14.3. The minimum Gasteiger partial charge on any atom is -0.248 e. The molecule has 4 heteroatoms. The van der Waals surface area contributed by atoms with Crippen molar-refractivity contribution >= 4 is 21.7 Å². The molecule has 2 heterocycles. The van der Waals surface area contributed by atoms with Gasteiger partial charge >= 0.3 is 0 Å². The van der Waals surface area contributed by atoms with Gasteiger partial charge in [0.15, 0.2) is 17.5 Å². The van der Waals surface area contributed by atoms with E-state index in [0.29, 0.717) is 17.5 Å². The molecule has 0 fully saturated rings. The highest BCUT2D eigenvalue weighted by molar-refractivity contribution is 6.18. The van der Waals surface area contributed by atoms with Gasteiger partial charge < -0.3 is 0 Å². The number of hydrogen-bond donors (Lipinski definition) is 0. The Bertz CT molecular complexity index is 2970. The first-order chi connectivity index (χ1) is 27.7. The van der Waals surface area contributed by atoms with Crippen molar-refractivity contribution in [2.24, 2.45) is 0 Å². The first-order valence-corrected chi connectivity index (χ1v) is 18.8. The molecule has 0 amide bonds. The molecule has 0 aliphatic rings. The highest BCUT2D eigenvalue weighted by atomic mass is 15.0. The number of pyridine rings is 1. The minimum atomic E-state index is 0.623. The van der Waals surface area contributed by atoms with Crippen molar-refractivity contribution in [3.05, 3.63) is 206 Å². The first-order valence-electron chi connectivity index (χ1n) is 18.8. The number of benzene rings is 8. The van der Waals surface area contributed by atoms with E-state index in [2.05, 4.69) is 164 Å². The van der Waals surface area contributed by atoms with E-state index in [1.807, 2.05) is 42.5 Å². The Labute approximate surface area is 325 Å². The Morgan fingerprint density at radius 3 is 1.18 bits per heavy atom. The fourth-order valence-corrected chi connectivity index (χ4v) is 7.54. The van der Waals surface area contributed by atoms with Crippen molar-refractivity contribution in [3.8, 4) is 78.8 Å². The maximum absolute atomic E-state index is 5.31. The lowest BCUT2D eigenvalue weighted by molar-refractivity contribution is 1.07. The SMILES string of the molecule is c1ccc(-c2ccc(-c3nc(-c4ccccc4)nc(-c4ccc(-c5cc6nc(-c7ccccc7)cc(-c7ccccc7)c6c6ccccc56)cc4)n3)cc2)cc1. The van der Waals surface area contributed by atoms with Gasteiger partial charge in [-0.1, -0.05) is 194 Å². The molecule has 10 rings (SSSR count). The summed E-state index contributed by atoms with van der Waals surface area (Å²) in [7, 11) is 0. The summed E-state index contributed by atoms with van der Waals surface area (Å²) in [6.07, 6.45) is 0. The molecule has 0 N–H and O–H groups in total. The average molecular weight is 715 g/mol. The minimum absolute atomic E-state index is 0.623. The molecule has 4 nitrogen and oxygen atoms in total. The Kier molecular flexibility index (Phi) is 8.47. The third-order valence-electron chi connectivity index (χ3n) is 10.3. The summed E-state index contributed by atoms with van der Waals surface area (Å²) in [6.45, 7) is 0. The number of aromatic nitrogens is 4. The van der Waals surface area contributed by atoms with Crippen LogP contribution >= 0.6 is 0 Å². The van der Waals surface area contributed by atoms with E-state index in [0.717, 1.165) is 61.1 Å². The number of hydrogen-bond acceptors (Lipinski definition) is 4. The predicted octanol–water partition coefficient (Wildman–Crippen LogP) is 13.2. The van der Waals surface area contributed by atoms with Gasteiger partial charge in [-0.2, -0.15) is 0 Å². The quantitative estimate of drug-likeness (QED) is 0.154. The van der Waals surface area contributed by atoms with Crippen LogP contribution in [0.5, 0.6) is 0 Å². The van der Waals surface area contributed by atoms with Gasteiger partial charge in [0, 0.05) is 27.6 Å². The normalized spacial score (nSPS) is 11.2. The van der Waals surface area contributed by atoms with Gasteiger partial charge in [0.25, 0.3) is 0 Å². The van der Waals surface area contributed by atoms with E-state index in [4.69, 9.17) is 19.9 Å². The first kappa shape index (κ1) is 33.0. The molecule has 0 aliphatic heterocycles. The molecule has 262 valence electrons. The lowest BCUT2D eigenvalue weighted by Gasteiger charge is -2.16. The summed E-state index contributed by atoms with van der Waals surface area (Å²) in [6, 6.07) is 71.7. The van der Waals surface area contributed by atoms with Crippen LogP contribution < -0.4 is 0 Å². The Morgan fingerprint density at radius 2 is 0.625 bits per heavy atom. The Hall–Kier alpha value is -7.56. The van der Waals surface area contributed by atoms with E-state index in [1.54, 1.807) is 0 Å². The third kappa shape index (κ3) is 6.29. The molecular formula is C52H34N4. The second-order valence-electron chi connectivity index (χ2n) is 13.8. The summed E-state index contributed by atoms with van der Waals surface area (Å²) >= 11 is 0. The van der Waals surface area contributed by atoms with Crippen molar-refractivity contribution in [1.29, 1.82) is 0 Å². The van der Waals surface area contributed by atoms with Gasteiger partial charge in [0.05, 0.1) is 11.2 Å². The van der Waals surface area contributed by atoms with Crippen molar-refractivity contribution in [1.82, 2.24) is 19.9 Å². The molecule has 0 bridgehead atoms. The highest BCUT2D eigenvalue weighted by Gasteiger charge is 2.17. The highest BCUT2D eigenvalue weighted by Crippen LogP contribution is 2.41. The number of rotatable bonds is 7. The molecule has 0 aliphatic carbocycles. The van der Waals surface area contributed by atoms with Crippen molar-refractivity contribution < 1.29 is 0 Å². The average Bonchev–Trinajstić information content (AvgIpc) is 3.29. The van der Waals surface area contributed by atoms with Crippen LogP contribution in [-0.4, -0.2) is 19.9 Å². The molecule has 0 radical (unpaired) electrons. The molecular weight excluding hydrogens is 681 g/mol. The van der Waals surface area contributed by atoms with Gasteiger partial charge in [-0.3, -0.25) is 0 Å². The van der Waals surface area contributed by atoms with Crippen LogP contribution in [0, 0.1) is 0 Å². The zero-order chi connectivity index (χ0) is 37.3. The van der Waals surface area contributed by atoms with Crippen LogP contribution in [0.15, 0.2) is 206 Å².